The van der Waals surface area contributed by atoms with Crippen LogP contribution in [0, 0.1) is 0 Å². The summed E-state index contributed by atoms with van der Waals surface area (Å²) in [5.74, 6) is -1.32. The van der Waals surface area contributed by atoms with Crippen molar-refractivity contribution in [3.8, 4) is 0 Å². The average Bonchev–Trinajstić information content (AvgIpc) is 2.32. The molecule has 1 N–H and O–H groups in total. The molecule has 1 heterocycles. The number of morpholine rings is 1. The topological polar surface area (TPSA) is 66.8 Å². The molecule has 1 fully saturated rings. The van der Waals surface area contributed by atoms with Crippen LogP contribution in [0.3, 0.4) is 0 Å². The van der Waals surface area contributed by atoms with Gasteiger partial charge in [0.25, 0.3) is 5.91 Å². The van der Waals surface area contributed by atoms with Gasteiger partial charge in [-0.05, 0) is 25.1 Å². The van der Waals surface area contributed by atoms with Gasteiger partial charge in [0.15, 0.2) is 5.60 Å². The molecule has 0 spiro atoms. The van der Waals surface area contributed by atoms with Crippen molar-refractivity contribution in [2.45, 2.75) is 12.5 Å². The van der Waals surface area contributed by atoms with Crippen LogP contribution >= 0.6 is 15.9 Å². The van der Waals surface area contributed by atoms with E-state index in [1.54, 1.807) is 18.2 Å². The molecule has 1 aliphatic rings. The first-order chi connectivity index (χ1) is 8.42. The van der Waals surface area contributed by atoms with E-state index in [9.17, 15) is 9.59 Å². The van der Waals surface area contributed by atoms with Crippen LogP contribution in [0.15, 0.2) is 28.7 Å². The van der Waals surface area contributed by atoms with Gasteiger partial charge in [0, 0.05) is 10.2 Å². The Morgan fingerprint density at radius 2 is 2.28 bits per heavy atom. The van der Waals surface area contributed by atoms with E-state index in [1.165, 1.54) is 11.8 Å². The summed E-state index contributed by atoms with van der Waals surface area (Å²) in [4.78, 5) is 24.4. The number of anilines is 1. The van der Waals surface area contributed by atoms with Crippen LogP contribution in [0.25, 0.3) is 0 Å². The van der Waals surface area contributed by atoms with Gasteiger partial charge in [0.2, 0.25) is 0 Å². The monoisotopic (exact) mass is 313 g/mol. The van der Waals surface area contributed by atoms with E-state index in [2.05, 4.69) is 15.9 Å². The molecule has 1 aromatic rings. The quantitative estimate of drug-likeness (QED) is 0.901. The summed E-state index contributed by atoms with van der Waals surface area (Å²) in [7, 11) is 0. The van der Waals surface area contributed by atoms with E-state index in [-0.39, 0.29) is 19.1 Å². The summed E-state index contributed by atoms with van der Waals surface area (Å²) in [6, 6.07) is 7.16. The highest BCUT2D eigenvalue weighted by atomic mass is 79.9. The number of halogens is 1. The Balaban J connectivity index is 2.31. The zero-order valence-corrected chi connectivity index (χ0v) is 11.3. The van der Waals surface area contributed by atoms with E-state index in [0.717, 1.165) is 4.47 Å². The average molecular weight is 314 g/mol. The fraction of sp³-hybridized carbons (Fsp3) is 0.333. The molecule has 96 valence electrons. The molecule has 1 atom stereocenters. The van der Waals surface area contributed by atoms with E-state index < -0.39 is 11.6 Å². The molecule has 2 rings (SSSR count). The zero-order valence-electron chi connectivity index (χ0n) is 9.72. The highest BCUT2D eigenvalue weighted by molar-refractivity contribution is 9.10. The maximum absolute atomic E-state index is 11.8. The second kappa shape index (κ2) is 4.70. The first-order valence-electron chi connectivity index (χ1n) is 5.36. The van der Waals surface area contributed by atoms with Gasteiger partial charge in [-0.1, -0.05) is 22.0 Å². The lowest BCUT2D eigenvalue weighted by molar-refractivity contribution is -0.168. The number of hydrogen-bond donors (Lipinski definition) is 1. The van der Waals surface area contributed by atoms with Gasteiger partial charge in [-0.2, -0.15) is 0 Å². The maximum atomic E-state index is 11.8. The smallest absolute Gasteiger partial charge is 0.337 e. The number of nitrogens with zero attached hydrogens (tertiary/aromatic N) is 1. The van der Waals surface area contributed by atoms with Crippen molar-refractivity contribution < 1.29 is 19.4 Å². The van der Waals surface area contributed by atoms with Crippen molar-refractivity contribution in [2.75, 3.05) is 18.1 Å². The predicted octanol–water partition coefficient (Wildman–Crippen LogP) is 1.66. The number of benzene rings is 1. The summed E-state index contributed by atoms with van der Waals surface area (Å²) in [5.41, 5.74) is -0.707. The summed E-state index contributed by atoms with van der Waals surface area (Å²) in [6.07, 6.45) is 0. The van der Waals surface area contributed by atoms with Gasteiger partial charge in [-0.15, -0.1) is 0 Å². The number of carboxylic acids is 1. The SMILES string of the molecule is CC1(C(=O)O)CN(c2cccc(Br)c2)C(=O)CO1. The molecule has 0 aliphatic carbocycles. The number of carbonyl (C=O) groups is 2. The number of rotatable bonds is 2. The van der Waals surface area contributed by atoms with Crippen molar-refractivity contribution in [3.05, 3.63) is 28.7 Å². The Kier molecular flexibility index (Phi) is 3.41. The largest absolute Gasteiger partial charge is 0.479 e. The maximum Gasteiger partial charge on any atom is 0.337 e. The molecule has 1 aromatic carbocycles. The first kappa shape index (κ1) is 13.0. The predicted molar refractivity (Wildman–Crippen MR) is 68.5 cm³/mol. The van der Waals surface area contributed by atoms with Crippen molar-refractivity contribution in [2.24, 2.45) is 0 Å². The number of aliphatic carboxylic acids is 1. The molecular formula is C12H12BrNO4. The molecule has 6 heteroatoms. The number of ether oxygens (including phenoxy) is 1. The van der Waals surface area contributed by atoms with Crippen molar-refractivity contribution in [1.29, 1.82) is 0 Å². The van der Waals surface area contributed by atoms with Crippen LogP contribution in [0.2, 0.25) is 0 Å². The number of carbonyl (C=O) groups excluding carboxylic acids is 1. The molecule has 5 nitrogen and oxygen atoms in total. The fourth-order valence-electron chi connectivity index (χ4n) is 1.74. The van der Waals surface area contributed by atoms with E-state index >= 15 is 0 Å². The van der Waals surface area contributed by atoms with Crippen LogP contribution in [0.4, 0.5) is 5.69 Å². The number of carboxylic acid groups (broad SMARTS) is 1. The normalized spacial score (nSPS) is 24.1. The van der Waals surface area contributed by atoms with Crippen molar-refractivity contribution in [1.82, 2.24) is 0 Å². The standard InChI is InChI=1S/C12H12BrNO4/c1-12(11(16)17)7-14(10(15)6-18-12)9-4-2-3-8(13)5-9/h2-5H,6-7H2,1H3,(H,16,17). The molecular weight excluding hydrogens is 302 g/mol. The second-order valence-electron chi connectivity index (χ2n) is 4.28. The first-order valence-corrected chi connectivity index (χ1v) is 6.15. The molecule has 18 heavy (non-hydrogen) atoms. The molecule has 0 aromatic heterocycles. The van der Waals surface area contributed by atoms with Crippen molar-refractivity contribution >= 4 is 33.5 Å². The molecule has 0 saturated carbocycles. The number of hydrogen-bond acceptors (Lipinski definition) is 3. The van der Waals surface area contributed by atoms with Gasteiger partial charge in [-0.25, -0.2) is 4.79 Å². The van der Waals surface area contributed by atoms with Gasteiger partial charge in [-0.3, -0.25) is 4.79 Å². The zero-order chi connectivity index (χ0) is 13.3. The Labute approximate surface area is 112 Å². The molecule has 1 saturated heterocycles. The lowest BCUT2D eigenvalue weighted by atomic mass is 10.0. The summed E-state index contributed by atoms with van der Waals surface area (Å²) in [6.45, 7) is 1.24. The Bertz CT molecular complexity index is 505. The van der Waals surface area contributed by atoms with Crippen LogP contribution < -0.4 is 4.90 Å². The lowest BCUT2D eigenvalue weighted by Gasteiger charge is -2.37. The van der Waals surface area contributed by atoms with Gasteiger partial charge in [0.1, 0.15) is 6.61 Å². The van der Waals surface area contributed by atoms with Crippen LogP contribution in [0.5, 0.6) is 0 Å². The Hall–Kier alpha value is -1.40. The summed E-state index contributed by atoms with van der Waals surface area (Å²) >= 11 is 3.32. The third kappa shape index (κ3) is 2.39. The van der Waals surface area contributed by atoms with Gasteiger partial charge >= 0.3 is 5.97 Å². The summed E-state index contributed by atoms with van der Waals surface area (Å²) in [5, 5.41) is 9.13. The van der Waals surface area contributed by atoms with Crippen LogP contribution in [0.1, 0.15) is 6.92 Å². The van der Waals surface area contributed by atoms with E-state index in [0.29, 0.717) is 5.69 Å². The van der Waals surface area contributed by atoms with E-state index in [1.807, 2.05) is 6.07 Å². The minimum atomic E-state index is -1.36. The number of amides is 1. The van der Waals surface area contributed by atoms with Crippen LogP contribution in [-0.4, -0.2) is 35.7 Å². The second-order valence-corrected chi connectivity index (χ2v) is 5.20. The highest BCUT2D eigenvalue weighted by Crippen LogP contribution is 2.26. The third-order valence-electron chi connectivity index (χ3n) is 2.85. The van der Waals surface area contributed by atoms with Crippen LogP contribution in [-0.2, 0) is 14.3 Å². The molecule has 1 unspecified atom stereocenters. The van der Waals surface area contributed by atoms with Crippen molar-refractivity contribution in [3.63, 3.8) is 0 Å². The highest BCUT2D eigenvalue weighted by Gasteiger charge is 2.42. The van der Waals surface area contributed by atoms with E-state index in [4.69, 9.17) is 9.84 Å². The summed E-state index contributed by atoms with van der Waals surface area (Å²) < 4.78 is 5.95. The fourth-order valence-corrected chi connectivity index (χ4v) is 2.13. The Morgan fingerprint density at radius 1 is 1.56 bits per heavy atom. The molecule has 0 radical (unpaired) electrons. The minimum absolute atomic E-state index is 0.00236. The molecule has 0 bridgehead atoms. The third-order valence-corrected chi connectivity index (χ3v) is 3.34. The lowest BCUT2D eigenvalue weighted by Crippen LogP contribution is -2.57. The molecule has 1 aliphatic heterocycles. The molecule has 1 amide bonds. The van der Waals surface area contributed by atoms with Gasteiger partial charge < -0.3 is 14.7 Å². The van der Waals surface area contributed by atoms with Gasteiger partial charge in [0.05, 0.1) is 6.54 Å². The minimum Gasteiger partial charge on any atom is -0.479 e. The Morgan fingerprint density at radius 3 is 2.89 bits per heavy atom.